The average Bonchev–Trinajstić information content (AvgIpc) is 2.35. The second kappa shape index (κ2) is 5.09. The normalized spacial score (nSPS) is 11.6. The molecule has 1 aromatic heterocycles. The van der Waals surface area contributed by atoms with Crippen molar-refractivity contribution in [3.05, 3.63) is 55.3 Å². The summed E-state index contributed by atoms with van der Waals surface area (Å²) in [7, 11) is 0. The van der Waals surface area contributed by atoms with Crippen LogP contribution in [0.25, 0.3) is 5.69 Å². The summed E-state index contributed by atoms with van der Waals surface area (Å²) in [4.78, 5) is 11.9. The van der Waals surface area contributed by atoms with Gasteiger partial charge in [0.25, 0.3) is 5.56 Å². The third-order valence-corrected chi connectivity index (χ3v) is 4.22. The van der Waals surface area contributed by atoms with Crippen LogP contribution >= 0.6 is 31.9 Å². The molecule has 0 radical (unpaired) electrons. The number of halogens is 5. The van der Waals surface area contributed by atoms with Crippen LogP contribution < -0.4 is 5.56 Å². The number of aromatic nitrogens is 2. The predicted octanol–water partition coefficient (Wildman–Crippen LogP) is 3.78. The van der Waals surface area contributed by atoms with Crippen LogP contribution in [0.5, 0.6) is 0 Å². The molecule has 100 valence electrons. The summed E-state index contributed by atoms with van der Waals surface area (Å²) in [5.41, 5.74) is -0.985. The van der Waals surface area contributed by atoms with E-state index in [-0.39, 0.29) is 10.2 Å². The molecule has 0 bridgehead atoms. The van der Waals surface area contributed by atoms with Gasteiger partial charge in [0.15, 0.2) is 0 Å². The highest BCUT2D eigenvalue weighted by molar-refractivity contribution is 9.13. The molecule has 0 unspecified atom stereocenters. The minimum atomic E-state index is -4.41. The fraction of sp³-hybridized carbons (Fsp3) is 0.0909. The molecule has 0 spiro atoms. The quantitative estimate of drug-likeness (QED) is 0.734. The zero-order chi connectivity index (χ0) is 14.2. The average molecular weight is 398 g/mol. The second-order valence-corrected chi connectivity index (χ2v) is 5.22. The summed E-state index contributed by atoms with van der Waals surface area (Å²) < 4.78 is 39.0. The van der Waals surface area contributed by atoms with E-state index in [0.717, 1.165) is 16.8 Å². The molecule has 0 saturated carbocycles. The Balaban J connectivity index is 2.50. The Morgan fingerprint density at radius 1 is 1.11 bits per heavy atom. The largest absolute Gasteiger partial charge is 0.416 e. The van der Waals surface area contributed by atoms with Gasteiger partial charge in [-0.15, -0.1) is 0 Å². The van der Waals surface area contributed by atoms with Crippen LogP contribution in [0.1, 0.15) is 5.56 Å². The molecule has 2 aromatic rings. The van der Waals surface area contributed by atoms with Crippen molar-refractivity contribution >= 4 is 31.9 Å². The van der Waals surface area contributed by atoms with Crippen LogP contribution in [0.3, 0.4) is 0 Å². The van der Waals surface area contributed by atoms with Gasteiger partial charge in [0.1, 0.15) is 4.47 Å². The van der Waals surface area contributed by atoms with Gasteiger partial charge in [-0.25, -0.2) is 0 Å². The van der Waals surface area contributed by atoms with E-state index >= 15 is 0 Å². The highest BCUT2D eigenvalue weighted by Gasteiger charge is 2.30. The maximum absolute atomic E-state index is 12.4. The fourth-order valence-corrected chi connectivity index (χ4v) is 1.92. The smallest absolute Gasteiger partial charge is 0.266 e. The van der Waals surface area contributed by atoms with Gasteiger partial charge in [-0.2, -0.15) is 23.0 Å². The van der Waals surface area contributed by atoms with Gasteiger partial charge in [-0.3, -0.25) is 4.79 Å². The summed E-state index contributed by atoms with van der Waals surface area (Å²) in [5.74, 6) is 0. The van der Waals surface area contributed by atoms with Crippen molar-refractivity contribution in [2.75, 3.05) is 0 Å². The molecular weight excluding hydrogens is 393 g/mol. The molecule has 19 heavy (non-hydrogen) atoms. The number of rotatable bonds is 1. The van der Waals surface area contributed by atoms with E-state index < -0.39 is 17.3 Å². The Morgan fingerprint density at radius 3 is 2.21 bits per heavy atom. The molecule has 2 rings (SSSR count). The van der Waals surface area contributed by atoms with Crippen molar-refractivity contribution < 1.29 is 13.2 Å². The van der Waals surface area contributed by atoms with Crippen LogP contribution in [-0.4, -0.2) is 9.78 Å². The standard InChI is InChI=1S/C11H5Br2F3N2O/c12-8-5-17-18(10(19)9(8)13)7-3-1-6(2-4-7)11(14,15)16/h1-5H. The second-order valence-electron chi connectivity index (χ2n) is 3.57. The van der Waals surface area contributed by atoms with E-state index in [1.54, 1.807) is 0 Å². The molecule has 8 heteroatoms. The Morgan fingerprint density at radius 2 is 1.68 bits per heavy atom. The molecule has 1 heterocycles. The van der Waals surface area contributed by atoms with Crippen LogP contribution in [-0.2, 0) is 6.18 Å². The van der Waals surface area contributed by atoms with E-state index in [9.17, 15) is 18.0 Å². The molecule has 0 aliphatic carbocycles. The van der Waals surface area contributed by atoms with E-state index in [1.807, 2.05) is 0 Å². The van der Waals surface area contributed by atoms with E-state index in [0.29, 0.717) is 4.47 Å². The maximum Gasteiger partial charge on any atom is 0.416 e. The Labute approximate surface area is 122 Å². The first-order valence-corrected chi connectivity index (χ1v) is 6.50. The summed E-state index contributed by atoms with van der Waals surface area (Å²) >= 11 is 6.19. The zero-order valence-electron chi connectivity index (χ0n) is 9.08. The Hall–Kier alpha value is -1.15. The monoisotopic (exact) mass is 396 g/mol. The minimum absolute atomic E-state index is 0.252. The molecule has 0 fully saturated rings. The number of hydrogen-bond donors (Lipinski definition) is 0. The SMILES string of the molecule is O=c1c(Br)c(Br)cnn1-c1ccc(C(F)(F)F)cc1. The number of nitrogens with zero attached hydrogens (tertiary/aromatic N) is 2. The van der Waals surface area contributed by atoms with E-state index in [2.05, 4.69) is 37.0 Å². The van der Waals surface area contributed by atoms with Gasteiger partial charge in [-0.05, 0) is 56.1 Å². The molecule has 0 atom stereocenters. The van der Waals surface area contributed by atoms with Crippen molar-refractivity contribution in [1.82, 2.24) is 9.78 Å². The van der Waals surface area contributed by atoms with Crippen LogP contribution in [0.15, 0.2) is 44.2 Å². The summed E-state index contributed by atoms with van der Waals surface area (Å²) in [6, 6.07) is 4.19. The van der Waals surface area contributed by atoms with E-state index in [1.165, 1.54) is 18.3 Å². The lowest BCUT2D eigenvalue weighted by Gasteiger charge is -2.09. The van der Waals surface area contributed by atoms with Gasteiger partial charge in [0.2, 0.25) is 0 Å². The molecule has 0 aliphatic heterocycles. The molecule has 3 nitrogen and oxygen atoms in total. The van der Waals surface area contributed by atoms with Crippen molar-refractivity contribution in [3.8, 4) is 5.69 Å². The predicted molar refractivity (Wildman–Crippen MR) is 70.2 cm³/mol. The molecular formula is C11H5Br2F3N2O. The first-order chi connectivity index (χ1) is 8.80. The van der Waals surface area contributed by atoms with Crippen LogP contribution in [0.2, 0.25) is 0 Å². The third kappa shape index (κ3) is 2.89. The van der Waals surface area contributed by atoms with Gasteiger partial charge >= 0.3 is 6.18 Å². The van der Waals surface area contributed by atoms with Crippen molar-refractivity contribution in [1.29, 1.82) is 0 Å². The van der Waals surface area contributed by atoms with Crippen LogP contribution in [0.4, 0.5) is 13.2 Å². The molecule has 0 amide bonds. The Kier molecular flexibility index (Phi) is 3.82. The minimum Gasteiger partial charge on any atom is -0.266 e. The van der Waals surface area contributed by atoms with Crippen LogP contribution in [0, 0.1) is 0 Å². The van der Waals surface area contributed by atoms with E-state index in [4.69, 9.17) is 0 Å². The van der Waals surface area contributed by atoms with Gasteiger partial charge < -0.3 is 0 Å². The summed E-state index contributed by atoms with van der Waals surface area (Å²) in [5, 5.41) is 3.85. The summed E-state index contributed by atoms with van der Waals surface area (Å²) in [6.07, 6.45) is -3.03. The highest BCUT2D eigenvalue weighted by Crippen LogP contribution is 2.29. The number of hydrogen-bond acceptors (Lipinski definition) is 2. The first kappa shape index (κ1) is 14.3. The van der Waals surface area contributed by atoms with Gasteiger partial charge in [0.05, 0.1) is 21.9 Å². The zero-order valence-corrected chi connectivity index (χ0v) is 12.3. The number of benzene rings is 1. The molecule has 1 aromatic carbocycles. The molecule has 0 saturated heterocycles. The lowest BCUT2D eigenvalue weighted by molar-refractivity contribution is -0.137. The van der Waals surface area contributed by atoms with Gasteiger partial charge in [-0.1, -0.05) is 0 Å². The van der Waals surface area contributed by atoms with Crippen molar-refractivity contribution in [2.45, 2.75) is 6.18 Å². The first-order valence-electron chi connectivity index (χ1n) is 4.91. The van der Waals surface area contributed by atoms with Crippen molar-refractivity contribution in [2.24, 2.45) is 0 Å². The summed E-state index contributed by atoms with van der Waals surface area (Å²) in [6.45, 7) is 0. The Bertz CT molecular complexity index is 665. The lowest BCUT2D eigenvalue weighted by Crippen LogP contribution is -2.21. The molecule has 0 N–H and O–H groups in total. The third-order valence-electron chi connectivity index (χ3n) is 2.32. The van der Waals surface area contributed by atoms with Crippen molar-refractivity contribution in [3.63, 3.8) is 0 Å². The number of alkyl halides is 3. The highest BCUT2D eigenvalue weighted by atomic mass is 79.9. The topological polar surface area (TPSA) is 34.9 Å². The molecule has 0 aliphatic rings. The van der Waals surface area contributed by atoms with Gasteiger partial charge in [0, 0.05) is 0 Å². The lowest BCUT2D eigenvalue weighted by atomic mass is 10.2. The fourth-order valence-electron chi connectivity index (χ4n) is 1.39. The maximum atomic E-state index is 12.4.